The second-order valence-corrected chi connectivity index (χ2v) is 5.20. The summed E-state index contributed by atoms with van der Waals surface area (Å²) < 4.78 is 2.18. The van der Waals surface area contributed by atoms with Crippen molar-refractivity contribution in [1.82, 2.24) is 14.8 Å². The van der Waals surface area contributed by atoms with E-state index in [1.807, 2.05) is 13.0 Å². The number of hydrogen-bond donors (Lipinski definition) is 0. The molecule has 1 aromatic heterocycles. The summed E-state index contributed by atoms with van der Waals surface area (Å²) >= 11 is 1.70. The van der Waals surface area contributed by atoms with Gasteiger partial charge in [0, 0.05) is 18.2 Å². The molecule has 2 rings (SSSR count). The third-order valence-electron chi connectivity index (χ3n) is 2.45. The first-order valence-electron chi connectivity index (χ1n) is 5.53. The second kappa shape index (κ2) is 4.87. The normalized spacial score (nSPS) is 15.1. The molecule has 16 heavy (non-hydrogen) atoms. The molecule has 1 fully saturated rings. The van der Waals surface area contributed by atoms with E-state index in [1.54, 1.807) is 11.8 Å². The van der Waals surface area contributed by atoms with Crippen molar-refractivity contribution in [3.8, 4) is 0 Å². The van der Waals surface area contributed by atoms with Gasteiger partial charge in [-0.1, -0.05) is 30.0 Å². The average Bonchev–Trinajstić information content (AvgIpc) is 3.00. The lowest BCUT2D eigenvalue weighted by Crippen LogP contribution is -2.02. The van der Waals surface area contributed by atoms with Crippen LogP contribution in [0.1, 0.15) is 31.5 Å². The zero-order valence-corrected chi connectivity index (χ0v) is 10.5. The minimum absolute atomic E-state index is 0.631. The highest BCUT2D eigenvalue weighted by Gasteiger charge is 2.29. The fraction of sp³-hybridized carbons (Fsp3) is 0.500. The van der Waals surface area contributed by atoms with Crippen molar-refractivity contribution in [2.24, 2.45) is 0 Å². The van der Waals surface area contributed by atoms with Crippen molar-refractivity contribution < 1.29 is 0 Å². The molecule has 0 atom stereocenters. The van der Waals surface area contributed by atoms with Crippen LogP contribution >= 0.6 is 11.8 Å². The Morgan fingerprint density at radius 2 is 2.31 bits per heavy atom. The largest absolute Gasteiger partial charge is 0.302 e. The molecule has 1 aliphatic carbocycles. The number of aromatic nitrogens is 3. The third kappa shape index (κ3) is 2.55. The molecule has 0 aliphatic heterocycles. The zero-order chi connectivity index (χ0) is 11.5. The molecular formula is C12H17N3S. The van der Waals surface area contributed by atoms with E-state index in [0.717, 1.165) is 28.9 Å². The van der Waals surface area contributed by atoms with E-state index in [-0.39, 0.29) is 0 Å². The number of rotatable bonds is 6. The molecular weight excluding hydrogens is 218 g/mol. The molecule has 1 aliphatic rings. The summed E-state index contributed by atoms with van der Waals surface area (Å²) in [7, 11) is 0. The molecule has 4 heteroatoms. The first-order chi connectivity index (χ1) is 7.72. The van der Waals surface area contributed by atoms with E-state index in [4.69, 9.17) is 0 Å². The van der Waals surface area contributed by atoms with Crippen LogP contribution in [0, 0.1) is 0 Å². The standard InChI is InChI=1S/C12H17N3S/c1-4-7-15-11(10-5-6-10)13-14-12(15)16-8-9(2)3/h4,10H,1-2,5-8H2,3H3. The van der Waals surface area contributed by atoms with Crippen LogP contribution in [0.2, 0.25) is 0 Å². The summed E-state index contributed by atoms with van der Waals surface area (Å²) in [5.74, 6) is 2.66. The Balaban J connectivity index is 2.15. The predicted octanol–water partition coefficient (Wildman–Crippen LogP) is 3.01. The summed E-state index contributed by atoms with van der Waals surface area (Å²) in [5, 5.41) is 9.53. The summed E-state index contributed by atoms with van der Waals surface area (Å²) in [6, 6.07) is 0. The third-order valence-corrected chi connectivity index (χ3v) is 3.64. The second-order valence-electron chi connectivity index (χ2n) is 4.26. The molecule has 0 N–H and O–H groups in total. The molecule has 3 nitrogen and oxygen atoms in total. The average molecular weight is 235 g/mol. The molecule has 1 aromatic rings. The maximum Gasteiger partial charge on any atom is 0.191 e. The van der Waals surface area contributed by atoms with Gasteiger partial charge in [-0.15, -0.1) is 16.8 Å². The van der Waals surface area contributed by atoms with Crippen LogP contribution in [0.5, 0.6) is 0 Å². The van der Waals surface area contributed by atoms with E-state index in [1.165, 1.54) is 12.8 Å². The minimum atomic E-state index is 0.631. The summed E-state index contributed by atoms with van der Waals surface area (Å²) in [6.07, 6.45) is 4.40. The lowest BCUT2D eigenvalue weighted by molar-refractivity contribution is 0.681. The molecule has 0 radical (unpaired) electrons. The van der Waals surface area contributed by atoms with Gasteiger partial charge in [0.05, 0.1) is 0 Å². The molecule has 1 saturated carbocycles. The molecule has 0 amide bonds. The van der Waals surface area contributed by atoms with Gasteiger partial charge in [-0.3, -0.25) is 0 Å². The minimum Gasteiger partial charge on any atom is -0.302 e. The highest BCUT2D eigenvalue weighted by Crippen LogP contribution is 2.40. The monoisotopic (exact) mass is 235 g/mol. The lowest BCUT2D eigenvalue weighted by atomic mass is 10.4. The Morgan fingerprint density at radius 1 is 1.56 bits per heavy atom. The molecule has 1 heterocycles. The highest BCUT2D eigenvalue weighted by molar-refractivity contribution is 7.99. The van der Waals surface area contributed by atoms with Gasteiger partial charge in [-0.25, -0.2) is 0 Å². The molecule has 0 saturated heterocycles. The number of thioether (sulfide) groups is 1. The van der Waals surface area contributed by atoms with Crippen LogP contribution in [0.4, 0.5) is 0 Å². The molecule has 0 spiro atoms. The smallest absolute Gasteiger partial charge is 0.191 e. The zero-order valence-electron chi connectivity index (χ0n) is 9.65. The maximum absolute atomic E-state index is 4.29. The van der Waals surface area contributed by atoms with Gasteiger partial charge in [0.15, 0.2) is 5.16 Å². The van der Waals surface area contributed by atoms with E-state index in [2.05, 4.69) is 27.9 Å². The Morgan fingerprint density at radius 3 is 2.88 bits per heavy atom. The highest BCUT2D eigenvalue weighted by atomic mass is 32.2. The quantitative estimate of drug-likeness (QED) is 0.561. The SMILES string of the molecule is C=CCn1c(SCC(=C)C)nnc1C1CC1. The Kier molecular flexibility index (Phi) is 3.49. The summed E-state index contributed by atoms with van der Waals surface area (Å²) in [6.45, 7) is 10.5. The number of hydrogen-bond acceptors (Lipinski definition) is 3. The maximum atomic E-state index is 4.29. The van der Waals surface area contributed by atoms with Gasteiger partial charge < -0.3 is 4.57 Å². The van der Waals surface area contributed by atoms with Crippen LogP contribution in [0.25, 0.3) is 0 Å². The van der Waals surface area contributed by atoms with Crippen LogP contribution in [0.15, 0.2) is 30.0 Å². The molecule has 0 unspecified atom stereocenters. The van der Waals surface area contributed by atoms with Crippen molar-refractivity contribution in [3.63, 3.8) is 0 Å². The van der Waals surface area contributed by atoms with Crippen molar-refractivity contribution in [2.75, 3.05) is 5.75 Å². The number of nitrogens with zero attached hydrogens (tertiary/aromatic N) is 3. The Bertz CT molecular complexity index is 404. The van der Waals surface area contributed by atoms with Crippen molar-refractivity contribution in [1.29, 1.82) is 0 Å². The van der Waals surface area contributed by atoms with Crippen LogP contribution < -0.4 is 0 Å². The van der Waals surface area contributed by atoms with Gasteiger partial charge in [0.2, 0.25) is 0 Å². The van der Waals surface area contributed by atoms with Crippen molar-refractivity contribution in [3.05, 3.63) is 30.6 Å². The van der Waals surface area contributed by atoms with Gasteiger partial charge >= 0.3 is 0 Å². The topological polar surface area (TPSA) is 30.7 Å². The van der Waals surface area contributed by atoms with Crippen LogP contribution in [0.3, 0.4) is 0 Å². The van der Waals surface area contributed by atoms with Gasteiger partial charge in [-0.05, 0) is 19.8 Å². The van der Waals surface area contributed by atoms with Crippen molar-refractivity contribution in [2.45, 2.75) is 37.4 Å². The van der Waals surface area contributed by atoms with E-state index in [0.29, 0.717) is 5.92 Å². The first kappa shape index (κ1) is 11.5. The van der Waals surface area contributed by atoms with E-state index in [9.17, 15) is 0 Å². The van der Waals surface area contributed by atoms with Crippen LogP contribution in [-0.4, -0.2) is 20.5 Å². The Hall–Kier alpha value is -1.03. The number of allylic oxidation sites excluding steroid dienone is 1. The van der Waals surface area contributed by atoms with Crippen molar-refractivity contribution >= 4 is 11.8 Å². The van der Waals surface area contributed by atoms with Gasteiger partial charge in [0.1, 0.15) is 5.82 Å². The molecule has 0 aromatic carbocycles. The van der Waals surface area contributed by atoms with Crippen LogP contribution in [-0.2, 0) is 6.54 Å². The molecule has 0 bridgehead atoms. The van der Waals surface area contributed by atoms with Gasteiger partial charge in [0.25, 0.3) is 0 Å². The lowest BCUT2D eigenvalue weighted by Gasteiger charge is -2.06. The molecule has 86 valence electrons. The summed E-state index contributed by atoms with van der Waals surface area (Å²) in [4.78, 5) is 0. The van der Waals surface area contributed by atoms with E-state index >= 15 is 0 Å². The summed E-state index contributed by atoms with van der Waals surface area (Å²) in [5.41, 5.74) is 1.16. The Labute approximate surface area is 101 Å². The predicted molar refractivity (Wildman–Crippen MR) is 67.7 cm³/mol. The first-order valence-corrected chi connectivity index (χ1v) is 6.52. The van der Waals surface area contributed by atoms with E-state index < -0.39 is 0 Å². The fourth-order valence-electron chi connectivity index (χ4n) is 1.54. The fourth-order valence-corrected chi connectivity index (χ4v) is 2.34. The van der Waals surface area contributed by atoms with Gasteiger partial charge in [-0.2, -0.15) is 0 Å².